The summed E-state index contributed by atoms with van der Waals surface area (Å²) in [5, 5.41) is 16.6. The molecule has 0 radical (unpaired) electrons. The summed E-state index contributed by atoms with van der Waals surface area (Å²) in [6.45, 7) is 4.79. The minimum Gasteiger partial charge on any atom is -0.481 e. The molecule has 0 fully saturated rings. The number of ether oxygens (including phenoxy) is 1. The van der Waals surface area contributed by atoms with E-state index in [2.05, 4.69) is 18.6 Å². The lowest BCUT2D eigenvalue weighted by Gasteiger charge is -2.03. The molecule has 32 heavy (non-hydrogen) atoms. The van der Waals surface area contributed by atoms with Crippen LogP contribution in [-0.2, 0) is 9.53 Å². The third-order valence-corrected chi connectivity index (χ3v) is 5.72. The number of carboxylic acids is 1. The Labute approximate surface area is 198 Å². The second kappa shape index (κ2) is 29.7. The number of rotatable bonds is 23. The summed E-state index contributed by atoms with van der Waals surface area (Å²) >= 11 is 0. The molecular weight excluding hydrogens is 404 g/mol. The van der Waals surface area contributed by atoms with Crippen LogP contribution in [0, 0.1) is 0 Å². The molecule has 0 unspecified atom stereocenters. The van der Waals surface area contributed by atoms with E-state index in [1.54, 1.807) is 0 Å². The van der Waals surface area contributed by atoms with Crippen molar-refractivity contribution in [2.45, 2.75) is 155 Å². The highest BCUT2D eigenvalue weighted by Crippen LogP contribution is 2.13. The molecule has 0 aromatic carbocycles. The van der Waals surface area contributed by atoms with Crippen molar-refractivity contribution in [3.63, 3.8) is 0 Å². The number of carboxylic acid groups (broad SMARTS) is 2. The molecule has 2 N–H and O–H groups in total. The lowest BCUT2D eigenvalue weighted by atomic mass is 10.0. The maximum absolute atomic E-state index is 10.3. The van der Waals surface area contributed by atoms with Crippen LogP contribution in [0.25, 0.3) is 0 Å². The Morgan fingerprint density at radius 1 is 0.500 bits per heavy atom. The van der Waals surface area contributed by atoms with Gasteiger partial charge in [0.25, 0.3) is 0 Å². The fraction of sp³-hybridized carbons (Fsp3) is 0.926. The van der Waals surface area contributed by atoms with Gasteiger partial charge in [0.15, 0.2) is 0 Å². The van der Waals surface area contributed by atoms with Crippen molar-refractivity contribution in [2.24, 2.45) is 0 Å². The maximum atomic E-state index is 10.3. The summed E-state index contributed by atoms with van der Waals surface area (Å²) in [6.07, 6.45) is 25.9. The average Bonchev–Trinajstić information content (AvgIpc) is 2.76. The molecule has 0 heterocycles. The Balaban J connectivity index is 0. The predicted octanol–water partition coefficient (Wildman–Crippen LogP) is 9.37. The molecular formula is C27H54O5. The summed E-state index contributed by atoms with van der Waals surface area (Å²) in [6, 6.07) is 0. The zero-order chi connectivity index (χ0) is 24.1. The van der Waals surface area contributed by atoms with Crippen LogP contribution < -0.4 is 0 Å². The molecule has 0 aromatic rings. The highest BCUT2D eigenvalue weighted by molar-refractivity contribution is 5.66. The van der Waals surface area contributed by atoms with E-state index in [-0.39, 0.29) is 0 Å². The van der Waals surface area contributed by atoms with Gasteiger partial charge in [-0.1, -0.05) is 136 Å². The van der Waals surface area contributed by atoms with Crippen molar-refractivity contribution in [1.82, 2.24) is 0 Å². The molecule has 5 nitrogen and oxygen atoms in total. The van der Waals surface area contributed by atoms with Crippen LogP contribution in [0.1, 0.15) is 155 Å². The molecule has 0 atom stereocenters. The van der Waals surface area contributed by atoms with E-state index in [9.17, 15) is 9.59 Å². The van der Waals surface area contributed by atoms with Gasteiger partial charge in [-0.3, -0.25) is 4.79 Å². The van der Waals surface area contributed by atoms with Crippen LogP contribution in [0.15, 0.2) is 0 Å². The second-order valence-electron chi connectivity index (χ2n) is 8.98. The van der Waals surface area contributed by atoms with Gasteiger partial charge in [-0.25, -0.2) is 4.79 Å². The second-order valence-corrected chi connectivity index (χ2v) is 8.98. The van der Waals surface area contributed by atoms with E-state index in [4.69, 9.17) is 10.2 Å². The Morgan fingerprint density at radius 2 is 0.812 bits per heavy atom. The zero-order valence-corrected chi connectivity index (χ0v) is 21.4. The summed E-state index contributed by atoms with van der Waals surface area (Å²) < 4.78 is 4.37. The van der Waals surface area contributed by atoms with E-state index in [0.29, 0.717) is 13.0 Å². The molecule has 0 spiro atoms. The Bertz CT molecular complexity index is 384. The van der Waals surface area contributed by atoms with Crippen LogP contribution in [0.2, 0.25) is 0 Å². The van der Waals surface area contributed by atoms with Gasteiger partial charge in [-0.2, -0.15) is 0 Å². The summed E-state index contributed by atoms with van der Waals surface area (Å²) in [4.78, 5) is 20.2. The first-order chi connectivity index (χ1) is 15.5. The smallest absolute Gasteiger partial charge is 0.481 e. The number of hydrogen-bond acceptors (Lipinski definition) is 3. The lowest BCUT2D eigenvalue weighted by Crippen LogP contribution is -2.01. The first-order valence-electron chi connectivity index (χ1n) is 13.6. The number of hydrogen-bond donors (Lipinski definition) is 2. The molecule has 0 bridgehead atoms. The van der Waals surface area contributed by atoms with Gasteiger partial charge in [0.1, 0.15) is 0 Å². The van der Waals surface area contributed by atoms with E-state index in [0.717, 1.165) is 25.7 Å². The quantitative estimate of drug-likeness (QED) is 0.118. The van der Waals surface area contributed by atoms with Crippen molar-refractivity contribution >= 4 is 12.1 Å². The number of unbranched alkanes of at least 4 members (excludes halogenated alkanes) is 19. The molecule has 0 saturated heterocycles. The molecule has 0 rings (SSSR count). The van der Waals surface area contributed by atoms with Crippen molar-refractivity contribution in [1.29, 1.82) is 0 Å². The standard InChI is InChI=1S/C18H36O2.C9H18O3/c1-2-3-4-5-6-7-8-9-10-11-12-13-14-15-16-17-18(19)20;1-2-3-4-5-6-7-8-12-9(10)11/h2-17H2,1H3,(H,19,20);2-8H2,1H3,(H,10,11). The van der Waals surface area contributed by atoms with E-state index in [1.807, 2.05) is 0 Å². The monoisotopic (exact) mass is 458 g/mol. The van der Waals surface area contributed by atoms with Crippen LogP contribution in [0.4, 0.5) is 4.79 Å². The minimum absolute atomic E-state index is 0.345. The normalized spacial score (nSPS) is 10.4. The summed E-state index contributed by atoms with van der Waals surface area (Å²) in [5.74, 6) is -0.653. The van der Waals surface area contributed by atoms with E-state index in [1.165, 1.54) is 109 Å². The van der Waals surface area contributed by atoms with Crippen molar-refractivity contribution < 1.29 is 24.5 Å². The first-order valence-corrected chi connectivity index (χ1v) is 13.6. The minimum atomic E-state index is -1.16. The van der Waals surface area contributed by atoms with Gasteiger partial charge in [-0.05, 0) is 12.8 Å². The van der Waals surface area contributed by atoms with E-state index >= 15 is 0 Å². The number of aliphatic carboxylic acids is 1. The van der Waals surface area contributed by atoms with Crippen LogP contribution >= 0.6 is 0 Å². The highest BCUT2D eigenvalue weighted by atomic mass is 16.7. The molecule has 0 aliphatic carbocycles. The van der Waals surface area contributed by atoms with Crippen molar-refractivity contribution in [2.75, 3.05) is 6.61 Å². The molecule has 5 heteroatoms. The fourth-order valence-corrected chi connectivity index (χ4v) is 3.69. The third kappa shape index (κ3) is 36.1. The molecule has 0 aliphatic rings. The predicted molar refractivity (Wildman–Crippen MR) is 135 cm³/mol. The van der Waals surface area contributed by atoms with Gasteiger partial charge in [0.2, 0.25) is 0 Å². The van der Waals surface area contributed by atoms with Gasteiger partial charge < -0.3 is 14.9 Å². The van der Waals surface area contributed by atoms with Crippen molar-refractivity contribution in [3.05, 3.63) is 0 Å². The molecule has 0 amide bonds. The topological polar surface area (TPSA) is 83.8 Å². The summed E-state index contributed by atoms with van der Waals surface area (Å²) in [5.41, 5.74) is 0. The lowest BCUT2D eigenvalue weighted by molar-refractivity contribution is -0.137. The maximum Gasteiger partial charge on any atom is 0.505 e. The van der Waals surface area contributed by atoms with Crippen LogP contribution in [0.3, 0.4) is 0 Å². The first kappa shape index (κ1) is 32.9. The third-order valence-electron chi connectivity index (χ3n) is 5.72. The van der Waals surface area contributed by atoms with Crippen LogP contribution in [-0.4, -0.2) is 28.9 Å². The Kier molecular flexibility index (Phi) is 30.6. The van der Waals surface area contributed by atoms with Gasteiger partial charge in [0.05, 0.1) is 6.61 Å². The zero-order valence-electron chi connectivity index (χ0n) is 21.4. The molecule has 0 aromatic heterocycles. The van der Waals surface area contributed by atoms with Crippen LogP contribution in [0.5, 0.6) is 0 Å². The van der Waals surface area contributed by atoms with Gasteiger partial charge in [0, 0.05) is 6.42 Å². The fourth-order valence-electron chi connectivity index (χ4n) is 3.69. The average molecular weight is 459 g/mol. The molecule has 192 valence electrons. The van der Waals surface area contributed by atoms with Gasteiger partial charge >= 0.3 is 12.1 Å². The molecule has 0 saturated carbocycles. The van der Waals surface area contributed by atoms with Crippen molar-refractivity contribution in [3.8, 4) is 0 Å². The Hall–Kier alpha value is -1.26. The van der Waals surface area contributed by atoms with E-state index < -0.39 is 12.1 Å². The molecule has 0 aliphatic heterocycles. The largest absolute Gasteiger partial charge is 0.505 e. The summed E-state index contributed by atoms with van der Waals surface area (Å²) in [7, 11) is 0. The SMILES string of the molecule is CCCCCCCCCCCCCCCCCC(=O)O.CCCCCCCCOC(=O)O. The Morgan fingerprint density at radius 3 is 1.12 bits per heavy atom. The van der Waals surface area contributed by atoms with Gasteiger partial charge in [-0.15, -0.1) is 0 Å². The number of carbonyl (C=O) groups is 2. The highest BCUT2D eigenvalue weighted by Gasteiger charge is 1.97.